The Balaban J connectivity index is 1.62. The van der Waals surface area contributed by atoms with Gasteiger partial charge in [0.2, 0.25) is 0 Å². The van der Waals surface area contributed by atoms with Crippen LogP contribution in [-0.2, 0) is 14.8 Å². The number of para-hydroxylation sites is 1. The summed E-state index contributed by atoms with van der Waals surface area (Å²) in [6, 6.07) is 21.8. The van der Waals surface area contributed by atoms with E-state index in [9.17, 15) is 13.2 Å². The average molecular weight is 455 g/mol. The fourth-order valence-corrected chi connectivity index (χ4v) is 3.85. The Labute approximate surface area is 188 Å². The topological polar surface area (TPSA) is 93.7 Å². The lowest BCUT2D eigenvalue weighted by Gasteiger charge is -2.16. The van der Waals surface area contributed by atoms with Gasteiger partial charge in [-0.05, 0) is 81.4 Å². The number of sulfonamides is 1. The molecule has 32 heavy (non-hydrogen) atoms. The maximum absolute atomic E-state index is 12.7. The number of hydrogen-bond donors (Lipinski definition) is 2. The van der Waals surface area contributed by atoms with E-state index in [1.54, 1.807) is 31.2 Å². The first-order valence-corrected chi connectivity index (χ1v) is 11.6. The van der Waals surface area contributed by atoms with E-state index in [0.717, 1.165) is 0 Å². The Morgan fingerprint density at radius 1 is 0.781 bits per heavy atom. The Morgan fingerprint density at radius 3 is 1.94 bits per heavy atom. The van der Waals surface area contributed by atoms with Gasteiger partial charge in [-0.25, -0.2) is 8.42 Å². The molecule has 168 valence electrons. The molecule has 0 aliphatic rings. The summed E-state index contributed by atoms with van der Waals surface area (Å²) in [5, 5.41) is 2.76. The van der Waals surface area contributed by atoms with Crippen LogP contribution in [0.15, 0.2) is 83.8 Å². The summed E-state index contributed by atoms with van der Waals surface area (Å²) in [5.41, 5.74) is 0.407. The smallest absolute Gasteiger partial charge is 0.261 e. The molecule has 0 aromatic heterocycles. The first kappa shape index (κ1) is 23.1. The molecule has 0 bridgehead atoms. The van der Waals surface area contributed by atoms with E-state index in [-0.39, 0.29) is 16.8 Å². The van der Waals surface area contributed by atoms with Crippen molar-refractivity contribution in [1.29, 1.82) is 0 Å². The minimum Gasteiger partial charge on any atom is -0.481 e. The van der Waals surface area contributed by atoms with Gasteiger partial charge in [0, 0.05) is 11.7 Å². The first-order valence-electron chi connectivity index (χ1n) is 10.2. The molecule has 0 spiro atoms. The fraction of sp³-hybridized carbons (Fsp3) is 0.208. The second-order valence-electron chi connectivity index (χ2n) is 7.44. The van der Waals surface area contributed by atoms with Crippen LogP contribution in [0.5, 0.6) is 17.2 Å². The summed E-state index contributed by atoms with van der Waals surface area (Å²) in [6.07, 6.45) is -0.699. The van der Waals surface area contributed by atoms with Crippen LogP contribution in [0.4, 0.5) is 5.69 Å². The molecule has 0 heterocycles. The van der Waals surface area contributed by atoms with Crippen molar-refractivity contribution in [3.05, 3.63) is 78.9 Å². The summed E-state index contributed by atoms with van der Waals surface area (Å²) in [5.74, 6) is 1.45. The van der Waals surface area contributed by atoms with Gasteiger partial charge in [-0.15, -0.1) is 0 Å². The van der Waals surface area contributed by atoms with Crippen molar-refractivity contribution >= 4 is 21.6 Å². The van der Waals surface area contributed by atoms with Crippen molar-refractivity contribution in [3.8, 4) is 17.2 Å². The van der Waals surface area contributed by atoms with Crippen molar-refractivity contribution in [1.82, 2.24) is 5.32 Å². The van der Waals surface area contributed by atoms with Crippen LogP contribution in [-0.4, -0.2) is 26.5 Å². The van der Waals surface area contributed by atoms with Crippen LogP contribution in [0.25, 0.3) is 0 Å². The standard InChI is InChI=1S/C24H26N2O5S/c1-17(2)25-24(27)18(3)30-21-13-15-23(16-14-21)32(28,29)26-19-9-11-22(12-10-19)31-20-7-5-4-6-8-20/h4-18,26H,1-3H3,(H,25,27)/t18-/m0/s1. The molecule has 0 aliphatic carbocycles. The summed E-state index contributed by atoms with van der Waals surface area (Å²) >= 11 is 0. The van der Waals surface area contributed by atoms with E-state index in [1.807, 2.05) is 44.2 Å². The average Bonchev–Trinajstić information content (AvgIpc) is 2.75. The summed E-state index contributed by atoms with van der Waals surface area (Å²) in [7, 11) is -3.79. The molecule has 0 saturated heterocycles. The van der Waals surface area contributed by atoms with Crippen molar-refractivity contribution in [2.45, 2.75) is 37.8 Å². The van der Waals surface area contributed by atoms with Crippen LogP contribution in [0.3, 0.4) is 0 Å². The minimum atomic E-state index is -3.79. The molecular weight excluding hydrogens is 428 g/mol. The van der Waals surface area contributed by atoms with E-state index in [1.165, 1.54) is 24.3 Å². The molecule has 3 aromatic carbocycles. The lowest BCUT2D eigenvalue weighted by Crippen LogP contribution is -2.40. The highest BCUT2D eigenvalue weighted by molar-refractivity contribution is 7.92. The molecule has 8 heteroatoms. The zero-order chi connectivity index (χ0) is 23.1. The van der Waals surface area contributed by atoms with Crippen LogP contribution < -0.4 is 19.5 Å². The molecule has 0 saturated carbocycles. The molecule has 0 fully saturated rings. The maximum atomic E-state index is 12.7. The van der Waals surface area contributed by atoms with Crippen molar-refractivity contribution < 1.29 is 22.7 Å². The Bertz CT molecular complexity index is 1130. The SMILES string of the molecule is CC(C)NC(=O)[C@H](C)Oc1ccc(S(=O)(=O)Nc2ccc(Oc3ccccc3)cc2)cc1. The number of rotatable bonds is 9. The van der Waals surface area contributed by atoms with E-state index in [4.69, 9.17) is 9.47 Å². The van der Waals surface area contributed by atoms with E-state index < -0.39 is 16.1 Å². The number of benzene rings is 3. The molecule has 7 nitrogen and oxygen atoms in total. The maximum Gasteiger partial charge on any atom is 0.261 e. The predicted molar refractivity (Wildman–Crippen MR) is 124 cm³/mol. The van der Waals surface area contributed by atoms with Gasteiger partial charge in [-0.3, -0.25) is 9.52 Å². The largest absolute Gasteiger partial charge is 0.481 e. The third-order valence-electron chi connectivity index (χ3n) is 4.33. The zero-order valence-corrected chi connectivity index (χ0v) is 18.9. The highest BCUT2D eigenvalue weighted by Crippen LogP contribution is 2.24. The van der Waals surface area contributed by atoms with Crippen LogP contribution in [0.2, 0.25) is 0 Å². The minimum absolute atomic E-state index is 0.00566. The normalized spacial score (nSPS) is 12.1. The van der Waals surface area contributed by atoms with Gasteiger partial charge in [0.15, 0.2) is 6.10 Å². The molecule has 3 aromatic rings. The number of nitrogens with one attached hydrogen (secondary N) is 2. The van der Waals surface area contributed by atoms with E-state index in [0.29, 0.717) is 22.9 Å². The summed E-state index contributed by atoms with van der Waals surface area (Å²) in [4.78, 5) is 12.0. The van der Waals surface area contributed by atoms with Gasteiger partial charge >= 0.3 is 0 Å². The monoisotopic (exact) mass is 454 g/mol. The molecule has 0 radical (unpaired) electrons. The van der Waals surface area contributed by atoms with Crippen molar-refractivity contribution in [2.24, 2.45) is 0 Å². The Kier molecular flexibility index (Phi) is 7.37. The van der Waals surface area contributed by atoms with Crippen LogP contribution >= 0.6 is 0 Å². The molecule has 2 N–H and O–H groups in total. The quantitative estimate of drug-likeness (QED) is 0.494. The van der Waals surface area contributed by atoms with E-state index in [2.05, 4.69) is 10.0 Å². The molecule has 1 amide bonds. The zero-order valence-electron chi connectivity index (χ0n) is 18.1. The number of carbonyl (C=O) groups is 1. The second kappa shape index (κ2) is 10.2. The number of hydrogen-bond acceptors (Lipinski definition) is 5. The van der Waals surface area contributed by atoms with Crippen LogP contribution in [0, 0.1) is 0 Å². The second-order valence-corrected chi connectivity index (χ2v) is 9.12. The lowest BCUT2D eigenvalue weighted by atomic mass is 10.3. The molecule has 3 rings (SSSR count). The molecule has 0 aliphatic heterocycles. The van der Waals surface area contributed by atoms with Crippen LogP contribution in [0.1, 0.15) is 20.8 Å². The number of carbonyl (C=O) groups excluding carboxylic acids is 1. The lowest BCUT2D eigenvalue weighted by molar-refractivity contribution is -0.127. The fourth-order valence-electron chi connectivity index (χ4n) is 2.79. The van der Waals surface area contributed by atoms with Gasteiger partial charge in [-0.1, -0.05) is 18.2 Å². The molecule has 1 atom stereocenters. The highest BCUT2D eigenvalue weighted by Gasteiger charge is 2.17. The van der Waals surface area contributed by atoms with Gasteiger partial charge in [0.05, 0.1) is 4.90 Å². The highest BCUT2D eigenvalue weighted by atomic mass is 32.2. The number of ether oxygens (including phenoxy) is 2. The summed E-state index contributed by atoms with van der Waals surface area (Å²) < 4.78 is 39.2. The molecule has 0 unspecified atom stereocenters. The number of anilines is 1. The Morgan fingerprint density at radius 2 is 1.34 bits per heavy atom. The van der Waals surface area contributed by atoms with Gasteiger partial charge in [-0.2, -0.15) is 0 Å². The van der Waals surface area contributed by atoms with Gasteiger partial charge in [0.25, 0.3) is 15.9 Å². The predicted octanol–water partition coefficient (Wildman–Crippen LogP) is 4.57. The third-order valence-corrected chi connectivity index (χ3v) is 5.73. The first-order chi connectivity index (χ1) is 15.2. The van der Waals surface area contributed by atoms with E-state index >= 15 is 0 Å². The Hall–Kier alpha value is -3.52. The summed E-state index contributed by atoms with van der Waals surface area (Å²) in [6.45, 7) is 5.36. The number of amides is 1. The third kappa shape index (κ3) is 6.49. The van der Waals surface area contributed by atoms with Gasteiger partial charge < -0.3 is 14.8 Å². The van der Waals surface area contributed by atoms with Crippen molar-refractivity contribution in [3.63, 3.8) is 0 Å². The molecular formula is C24H26N2O5S. The van der Waals surface area contributed by atoms with Crippen molar-refractivity contribution in [2.75, 3.05) is 4.72 Å². The van der Waals surface area contributed by atoms with Gasteiger partial charge in [0.1, 0.15) is 17.2 Å².